The first-order chi connectivity index (χ1) is 5.54. The summed E-state index contributed by atoms with van der Waals surface area (Å²) >= 11 is 0. The van der Waals surface area contributed by atoms with Crippen molar-refractivity contribution in [3.8, 4) is 6.07 Å². The highest BCUT2D eigenvalue weighted by Gasteiger charge is 2.27. The van der Waals surface area contributed by atoms with Crippen molar-refractivity contribution in [3.05, 3.63) is 12.2 Å². The van der Waals surface area contributed by atoms with E-state index in [9.17, 15) is 0 Å². The maximum Gasteiger partial charge on any atom is 0.0697 e. The van der Waals surface area contributed by atoms with Crippen LogP contribution in [0.5, 0.6) is 0 Å². The Hall–Kier alpha value is -0.770. The summed E-state index contributed by atoms with van der Waals surface area (Å²) in [4.78, 5) is 0. The van der Waals surface area contributed by atoms with Crippen molar-refractivity contribution >= 4 is 0 Å². The van der Waals surface area contributed by atoms with Gasteiger partial charge >= 0.3 is 0 Å². The van der Waals surface area contributed by atoms with Gasteiger partial charge in [0.1, 0.15) is 0 Å². The Balaban J connectivity index is 2.64. The summed E-state index contributed by atoms with van der Waals surface area (Å²) in [5.74, 6) is 0.829. The molecule has 1 nitrogen and oxygen atoms in total. The monoisotopic (exact) mass is 163 g/mol. The first kappa shape index (κ1) is 9.32. The van der Waals surface area contributed by atoms with Crippen LogP contribution >= 0.6 is 0 Å². The molecule has 1 aliphatic carbocycles. The number of nitrogens with zero attached hydrogens (tertiary/aromatic N) is 1. The second-order valence-electron chi connectivity index (χ2n) is 4.70. The first-order valence-electron chi connectivity index (χ1n) is 4.60. The van der Waals surface area contributed by atoms with E-state index in [-0.39, 0.29) is 5.92 Å². The van der Waals surface area contributed by atoms with E-state index < -0.39 is 0 Å². The van der Waals surface area contributed by atoms with Crippen LogP contribution in [0, 0.1) is 28.6 Å². The summed E-state index contributed by atoms with van der Waals surface area (Å²) in [5.41, 5.74) is 0.347. The van der Waals surface area contributed by atoms with E-state index in [0.717, 1.165) is 12.8 Å². The fraction of sp³-hybridized carbons (Fsp3) is 0.727. The predicted molar refractivity (Wildman–Crippen MR) is 50.4 cm³/mol. The van der Waals surface area contributed by atoms with Crippen LogP contribution in [0.1, 0.15) is 33.6 Å². The minimum absolute atomic E-state index is 0.156. The van der Waals surface area contributed by atoms with Crippen LogP contribution in [0.3, 0.4) is 0 Å². The quantitative estimate of drug-likeness (QED) is 0.503. The maximum atomic E-state index is 8.77. The lowest BCUT2D eigenvalue weighted by Crippen LogP contribution is -2.24. The summed E-state index contributed by atoms with van der Waals surface area (Å²) < 4.78 is 0. The van der Waals surface area contributed by atoms with E-state index >= 15 is 0 Å². The van der Waals surface area contributed by atoms with Gasteiger partial charge in [-0.05, 0) is 24.2 Å². The van der Waals surface area contributed by atoms with Crippen molar-refractivity contribution in [2.24, 2.45) is 17.3 Å². The van der Waals surface area contributed by atoms with Gasteiger partial charge in [-0.1, -0.05) is 32.9 Å². The van der Waals surface area contributed by atoms with Gasteiger partial charge in [0, 0.05) is 0 Å². The van der Waals surface area contributed by atoms with Crippen LogP contribution in [0.25, 0.3) is 0 Å². The molecule has 0 bridgehead atoms. The highest BCUT2D eigenvalue weighted by molar-refractivity contribution is 5.06. The van der Waals surface area contributed by atoms with Crippen molar-refractivity contribution in [2.75, 3.05) is 0 Å². The van der Waals surface area contributed by atoms with Crippen LogP contribution in [0.2, 0.25) is 0 Å². The van der Waals surface area contributed by atoms with Gasteiger partial charge in [0.2, 0.25) is 0 Å². The van der Waals surface area contributed by atoms with Gasteiger partial charge in [0.05, 0.1) is 12.0 Å². The third-order valence-corrected chi connectivity index (χ3v) is 2.72. The van der Waals surface area contributed by atoms with Crippen LogP contribution in [0.4, 0.5) is 0 Å². The zero-order valence-corrected chi connectivity index (χ0v) is 8.17. The number of allylic oxidation sites excluding steroid dienone is 2. The number of rotatable bonds is 0. The molecule has 0 aromatic heterocycles. The average molecular weight is 163 g/mol. The smallest absolute Gasteiger partial charge is 0.0697 e. The van der Waals surface area contributed by atoms with Gasteiger partial charge in [0.15, 0.2) is 0 Å². The highest BCUT2D eigenvalue weighted by atomic mass is 14.3. The van der Waals surface area contributed by atoms with Crippen molar-refractivity contribution in [2.45, 2.75) is 33.6 Å². The molecule has 0 spiro atoms. The molecule has 0 unspecified atom stereocenters. The molecule has 0 heterocycles. The van der Waals surface area contributed by atoms with Crippen molar-refractivity contribution in [1.82, 2.24) is 0 Å². The van der Waals surface area contributed by atoms with Crippen molar-refractivity contribution in [1.29, 1.82) is 5.26 Å². The zero-order chi connectivity index (χ0) is 9.19. The van der Waals surface area contributed by atoms with Gasteiger partial charge in [0.25, 0.3) is 0 Å². The molecule has 2 atom stereocenters. The molecule has 0 aliphatic heterocycles. The van der Waals surface area contributed by atoms with Crippen LogP contribution in [-0.4, -0.2) is 0 Å². The molecule has 1 rings (SSSR count). The van der Waals surface area contributed by atoms with Gasteiger partial charge in [-0.2, -0.15) is 5.26 Å². The summed E-state index contributed by atoms with van der Waals surface area (Å²) in [6.07, 6.45) is 6.38. The predicted octanol–water partition coefficient (Wildman–Crippen LogP) is 3.14. The highest BCUT2D eigenvalue weighted by Crippen LogP contribution is 2.36. The van der Waals surface area contributed by atoms with Gasteiger partial charge in [-0.25, -0.2) is 0 Å². The first-order valence-corrected chi connectivity index (χ1v) is 4.60. The van der Waals surface area contributed by atoms with E-state index in [1.807, 2.05) is 6.08 Å². The van der Waals surface area contributed by atoms with Gasteiger partial charge in [-0.3, -0.25) is 0 Å². The third kappa shape index (κ3) is 2.11. The standard InChI is InChI=1S/C11H17N/c1-11(2,3)10-6-4-5-9(7-10)8-12/h4-5,9-10H,6-7H2,1-3H3/t9-,10-/m0/s1. The number of hydrogen-bond acceptors (Lipinski definition) is 1. The topological polar surface area (TPSA) is 23.8 Å². The lowest BCUT2D eigenvalue weighted by molar-refractivity contribution is 0.211. The van der Waals surface area contributed by atoms with Crippen LogP contribution in [-0.2, 0) is 0 Å². The third-order valence-electron chi connectivity index (χ3n) is 2.72. The van der Waals surface area contributed by atoms with E-state index in [1.165, 1.54) is 0 Å². The molecule has 1 heteroatoms. The van der Waals surface area contributed by atoms with Gasteiger partial charge < -0.3 is 0 Å². The van der Waals surface area contributed by atoms with Crippen molar-refractivity contribution in [3.63, 3.8) is 0 Å². The SMILES string of the molecule is CC(C)(C)[C@H]1CC=C[C@H](C#N)C1. The Morgan fingerprint density at radius 2 is 2.08 bits per heavy atom. The summed E-state index contributed by atoms with van der Waals surface area (Å²) in [6, 6.07) is 2.32. The molecular formula is C11H17N. The number of nitriles is 1. The Morgan fingerprint density at radius 1 is 1.42 bits per heavy atom. The Morgan fingerprint density at radius 3 is 2.58 bits per heavy atom. The number of hydrogen-bond donors (Lipinski definition) is 0. The van der Waals surface area contributed by atoms with Gasteiger partial charge in [-0.15, -0.1) is 0 Å². The normalized spacial score (nSPS) is 29.8. The lowest BCUT2D eigenvalue weighted by Gasteiger charge is -2.33. The molecule has 0 fully saturated rings. The molecule has 0 amide bonds. The van der Waals surface area contributed by atoms with E-state index in [4.69, 9.17) is 5.26 Å². The molecule has 12 heavy (non-hydrogen) atoms. The maximum absolute atomic E-state index is 8.77. The molecule has 0 aromatic carbocycles. The molecule has 0 saturated heterocycles. The summed E-state index contributed by atoms with van der Waals surface area (Å²) in [6.45, 7) is 6.77. The van der Waals surface area contributed by atoms with E-state index in [2.05, 4.69) is 32.9 Å². The van der Waals surface area contributed by atoms with E-state index in [1.54, 1.807) is 0 Å². The molecule has 0 N–H and O–H groups in total. The van der Waals surface area contributed by atoms with Crippen LogP contribution in [0.15, 0.2) is 12.2 Å². The van der Waals surface area contributed by atoms with Crippen LogP contribution < -0.4 is 0 Å². The minimum atomic E-state index is 0.156. The second-order valence-corrected chi connectivity index (χ2v) is 4.70. The molecule has 0 aromatic rings. The summed E-state index contributed by atoms with van der Waals surface area (Å²) in [7, 11) is 0. The molecule has 0 radical (unpaired) electrons. The molecule has 66 valence electrons. The lowest BCUT2D eigenvalue weighted by atomic mass is 9.72. The Kier molecular flexibility index (Phi) is 2.57. The molecule has 0 saturated carbocycles. The fourth-order valence-electron chi connectivity index (χ4n) is 1.69. The Labute approximate surface area is 75.1 Å². The zero-order valence-electron chi connectivity index (χ0n) is 8.17. The molecular weight excluding hydrogens is 146 g/mol. The van der Waals surface area contributed by atoms with E-state index in [0.29, 0.717) is 11.3 Å². The second kappa shape index (κ2) is 3.31. The largest absolute Gasteiger partial charge is 0.198 e. The Bertz CT molecular complexity index is 214. The average Bonchev–Trinajstić information content (AvgIpc) is 2.03. The summed E-state index contributed by atoms with van der Waals surface area (Å²) in [5, 5.41) is 8.77. The van der Waals surface area contributed by atoms with Crippen molar-refractivity contribution < 1.29 is 0 Å². The minimum Gasteiger partial charge on any atom is -0.198 e. The molecule has 1 aliphatic rings. The fourth-order valence-corrected chi connectivity index (χ4v) is 1.69.